The van der Waals surface area contributed by atoms with Crippen LogP contribution in [0.25, 0.3) is 0 Å². The third-order valence-corrected chi connectivity index (χ3v) is 3.43. The van der Waals surface area contributed by atoms with Crippen molar-refractivity contribution in [2.75, 3.05) is 20.2 Å². The third kappa shape index (κ3) is 8.07. The predicted octanol–water partition coefficient (Wildman–Crippen LogP) is 2.61. The first-order valence-electron chi connectivity index (χ1n) is 7.80. The van der Waals surface area contributed by atoms with E-state index in [9.17, 15) is 4.79 Å². The van der Waals surface area contributed by atoms with Gasteiger partial charge in [0.1, 0.15) is 5.60 Å². The van der Waals surface area contributed by atoms with Crippen LogP contribution in [-0.2, 0) is 9.47 Å². The monoisotopic (exact) mass is 298 g/mol. The largest absolute Gasteiger partial charge is 0.444 e. The van der Waals surface area contributed by atoms with E-state index in [1.54, 1.807) is 7.11 Å². The van der Waals surface area contributed by atoms with Crippen molar-refractivity contribution in [3.05, 3.63) is 12.2 Å². The lowest BCUT2D eigenvalue weighted by molar-refractivity contribution is 0.0431. The van der Waals surface area contributed by atoms with Crippen molar-refractivity contribution < 1.29 is 14.3 Å². The van der Waals surface area contributed by atoms with Gasteiger partial charge in [-0.1, -0.05) is 25.0 Å². The van der Waals surface area contributed by atoms with Gasteiger partial charge >= 0.3 is 6.09 Å². The fourth-order valence-electron chi connectivity index (χ4n) is 2.45. The molecule has 2 atom stereocenters. The van der Waals surface area contributed by atoms with E-state index < -0.39 is 5.60 Å². The van der Waals surface area contributed by atoms with Crippen LogP contribution >= 0.6 is 0 Å². The molecule has 122 valence electrons. The molecule has 0 aliphatic heterocycles. The number of hydrogen-bond acceptors (Lipinski definition) is 4. The minimum absolute atomic E-state index is 0.326. The highest BCUT2D eigenvalue weighted by Gasteiger charge is 2.23. The highest BCUT2D eigenvalue weighted by atomic mass is 16.6. The fourth-order valence-corrected chi connectivity index (χ4v) is 2.45. The summed E-state index contributed by atoms with van der Waals surface area (Å²) in [6.45, 7) is 6.82. The molecule has 21 heavy (non-hydrogen) atoms. The standard InChI is InChI=1S/C16H30N2O3/c1-16(2,3)21-15(19)18-12-8-7-11-17-13-9-5-6-10-14(13)20-4/h7-8,13-14,17H,5-6,9-12H2,1-4H3,(H,18,19)/b8-7+. The molecule has 5 heteroatoms. The molecule has 0 heterocycles. The van der Waals surface area contributed by atoms with E-state index in [-0.39, 0.29) is 6.09 Å². The number of nitrogens with one attached hydrogen (secondary N) is 2. The van der Waals surface area contributed by atoms with Gasteiger partial charge in [-0.25, -0.2) is 4.79 Å². The Kier molecular flexibility index (Phi) is 7.75. The molecular formula is C16H30N2O3. The predicted molar refractivity (Wildman–Crippen MR) is 84.4 cm³/mol. The molecule has 2 N–H and O–H groups in total. The Morgan fingerprint density at radius 2 is 1.86 bits per heavy atom. The van der Waals surface area contributed by atoms with Gasteiger partial charge in [0, 0.05) is 26.2 Å². The van der Waals surface area contributed by atoms with Crippen LogP contribution < -0.4 is 10.6 Å². The zero-order valence-electron chi connectivity index (χ0n) is 13.8. The molecule has 0 aromatic heterocycles. The van der Waals surface area contributed by atoms with Crippen molar-refractivity contribution in [1.29, 1.82) is 0 Å². The zero-order valence-corrected chi connectivity index (χ0v) is 13.8. The minimum Gasteiger partial charge on any atom is -0.444 e. The summed E-state index contributed by atoms with van der Waals surface area (Å²) in [5, 5.41) is 6.19. The maximum Gasteiger partial charge on any atom is 0.407 e. The van der Waals surface area contributed by atoms with E-state index in [0.717, 1.165) is 13.0 Å². The normalized spacial score (nSPS) is 23.2. The molecule has 0 radical (unpaired) electrons. The fraction of sp³-hybridized carbons (Fsp3) is 0.812. The van der Waals surface area contributed by atoms with Crippen molar-refractivity contribution in [3.63, 3.8) is 0 Å². The molecule has 1 aliphatic rings. The van der Waals surface area contributed by atoms with Gasteiger partial charge in [-0.3, -0.25) is 0 Å². The molecule has 1 rings (SSSR count). The molecule has 1 aliphatic carbocycles. The maximum atomic E-state index is 11.4. The summed E-state index contributed by atoms with van der Waals surface area (Å²) in [6.07, 6.45) is 8.73. The van der Waals surface area contributed by atoms with Crippen LogP contribution in [0, 0.1) is 0 Å². The number of carbonyl (C=O) groups excluding carboxylic acids is 1. The lowest BCUT2D eigenvalue weighted by Crippen LogP contribution is -2.43. The second-order valence-electron chi connectivity index (χ2n) is 6.43. The average molecular weight is 298 g/mol. The molecule has 1 fully saturated rings. The number of hydrogen-bond donors (Lipinski definition) is 2. The number of carbonyl (C=O) groups is 1. The highest BCUT2D eigenvalue weighted by Crippen LogP contribution is 2.20. The van der Waals surface area contributed by atoms with E-state index in [1.165, 1.54) is 19.3 Å². The van der Waals surface area contributed by atoms with Gasteiger partial charge in [-0.2, -0.15) is 0 Å². The third-order valence-electron chi connectivity index (χ3n) is 3.43. The molecule has 0 aromatic carbocycles. The number of rotatable bonds is 6. The van der Waals surface area contributed by atoms with Crippen LogP contribution in [0.3, 0.4) is 0 Å². The van der Waals surface area contributed by atoms with Gasteiger partial charge < -0.3 is 20.1 Å². The second-order valence-corrected chi connectivity index (χ2v) is 6.43. The van der Waals surface area contributed by atoms with Gasteiger partial charge in [-0.15, -0.1) is 0 Å². The Hall–Kier alpha value is -1.07. The van der Waals surface area contributed by atoms with E-state index in [1.807, 2.05) is 32.9 Å². The van der Waals surface area contributed by atoms with Crippen molar-refractivity contribution in [2.24, 2.45) is 0 Å². The molecule has 0 saturated heterocycles. The van der Waals surface area contributed by atoms with E-state index in [0.29, 0.717) is 18.7 Å². The second kappa shape index (κ2) is 9.05. The van der Waals surface area contributed by atoms with Gasteiger partial charge in [0.15, 0.2) is 0 Å². The van der Waals surface area contributed by atoms with Crippen LogP contribution in [0.15, 0.2) is 12.2 Å². The summed E-state index contributed by atoms with van der Waals surface area (Å²) in [7, 11) is 1.78. The molecule has 0 aromatic rings. The first-order valence-corrected chi connectivity index (χ1v) is 7.80. The maximum absolute atomic E-state index is 11.4. The average Bonchev–Trinajstić information content (AvgIpc) is 2.41. The summed E-state index contributed by atoms with van der Waals surface area (Å²) in [6, 6.07) is 0.437. The number of alkyl carbamates (subject to hydrolysis) is 1. The Labute approximate surface area is 128 Å². The highest BCUT2D eigenvalue weighted by molar-refractivity contribution is 5.67. The molecule has 0 spiro atoms. The summed E-state index contributed by atoms with van der Waals surface area (Å²) >= 11 is 0. The molecule has 0 bridgehead atoms. The Morgan fingerprint density at radius 3 is 2.52 bits per heavy atom. The van der Waals surface area contributed by atoms with Crippen LogP contribution in [-0.4, -0.2) is 44.0 Å². The van der Waals surface area contributed by atoms with Crippen LogP contribution in [0.2, 0.25) is 0 Å². The van der Waals surface area contributed by atoms with Crippen molar-refractivity contribution in [3.8, 4) is 0 Å². The Bertz CT molecular complexity index is 337. The van der Waals surface area contributed by atoms with E-state index >= 15 is 0 Å². The SMILES string of the molecule is COC1CCCCC1NC/C=C/CNC(=O)OC(C)(C)C. The topological polar surface area (TPSA) is 59.6 Å². The smallest absolute Gasteiger partial charge is 0.407 e. The van der Waals surface area contributed by atoms with Gasteiger partial charge in [0.25, 0.3) is 0 Å². The van der Waals surface area contributed by atoms with E-state index in [4.69, 9.17) is 9.47 Å². The summed E-state index contributed by atoms with van der Waals surface area (Å²) in [5.74, 6) is 0. The van der Waals surface area contributed by atoms with Crippen molar-refractivity contribution in [2.45, 2.75) is 64.2 Å². The Morgan fingerprint density at radius 1 is 1.19 bits per heavy atom. The lowest BCUT2D eigenvalue weighted by atomic mass is 9.92. The summed E-state index contributed by atoms with van der Waals surface area (Å²) in [4.78, 5) is 11.4. The quantitative estimate of drug-likeness (QED) is 0.740. The lowest BCUT2D eigenvalue weighted by Gasteiger charge is -2.30. The van der Waals surface area contributed by atoms with Crippen LogP contribution in [0.5, 0.6) is 0 Å². The van der Waals surface area contributed by atoms with Gasteiger partial charge in [0.2, 0.25) is 0 Å². The Balaban J connectivity index is 2.13. The molecule has 2 unspecified atom stereocenters. The molecular weight excluding hydrogens is 268 g/mol. The van der Waals surface area contributed by atoms with Crippen LogP contribution in [0.1, 0.15) is 46.5 Å². The summed E-state index contributed by atoms with van der Waals surface area (Å²) in [5.41, 5.74) is -0.453. The number of amides is 1. The number of ether oxygens (including phenoxy) is 2. The first kappa shape index (κ1) is 18.0. The van der Waals surface area contributed by atoms with Crippen molar-refractivity contribution >= 4 is 6.09 Å². The minimum atomic E-state index is -0.453. The molecule has 1 saturated carbocycles. The first-order chi connectivity index (χ1) is 9.92. The molecule has 5 nitrogen and oxygen atoms in total. The van der Waals surface area contributed by atoms with Crippen LogP contribution in [0.4, 0.5) is 4.79 Å². The molecule has 1 amide bonds. The van der Waals surface area contributed by atoms with Gasteiger partial charge in [-0.05, 0) is 33.6 Å². The zero-order chi connectivity index (χ0) is 15.7. The van der Waals surface area contributed by atoms with Crippen molar-refractivity contribution in [1.82, 2.24) is 10.6 Å². The van der Waals surface area contributed by atoms with Gasteiger partial charge in [0.05, 0.1) is 6.10 Å². The van der Waals surface area contributed by atoms with E-state index in [2.05, 4.69) is 10.6 Å². The summed E-state index contributed by atoms with van der Waals surface area (Å²) < 4.78 is 10.7. The number of methoxy groups -OCH3 is 1.